The van der Waals surface area contributed by atoms with Crippen molar-refractivity contribution in [1.29, 1.82) is 0 Å². The van der Waals surface area contributed by atoms with Crippen LogP contribution < -0.4 is 0 Å². The minimum atomic E-state index is -3.61. The van der Waals surface area contributed by atoms with Gasteiger partial charge in [0.05, 0.1) is 5.25 Å². The van der Waals surface area contributed by atoms with Gasteiger partial charge in [0.2, 0.25) is 10.0 Å². The summed E-state index contributed by atoms with van der Waals surface area (Å²) in [7, 11) is -0.552. The number of nitrogens with zero attached hydrogens (tertiary/aromatic N) is 2. The second kappa shape index (κ2) is 4.94. The Morgan fingerprint density at radius 1 is 1.25 bits per heavy atom. The molecule has 2 rings (SSSR count). The Hall–Kier alpha value is -1.82. The molecule has 1 aromatic carbocycles. The third-order valence-corrected chi connectivity index (χ3v) is 5.55. The van der Waals surface area contributed by atoms with E-state index in [1.165, 1.54) is 7.05 Å². The van der Waals surface area contributed by atoms with Gasteiger partial charge in [0.15, 0.2) is 0 Å². The van der Waals surface area contributed by atoms with E-state index >= 15 is 0 Å². The molecule has 0 aliphatic carbocycles. The monoisotopic (exact) mass is 294 g/mol. The molecular formula is C14H18N2O3S. The van der Waals surface area contributed by atoms with Gasteiger partial charge in [0.1, 0.15) is 5.69 Å². The van der Waals surface area contributed by atoms with Crippen LogP contribution in [0.15, 0.2) is 30.3 Å². The predicted octanol–water partition coefficient (Wildman–Crippen LogP) is 1.99. The van der Waals surface area contributed by atoms with Crippen molar-refractivity contribution >= 4 is 26.8 Å². The molecule has 6 heteroatoms. The third kappa shape index (κ3) is 2.20. The second-order valence-electron chi connectivity index (χ2n) is 5.01. The smallest absolute Gasteiger partial charge is 0.283 e. The lowest BCUT2D eigenvalue weighted by Gasteiger charge is -2.20. The average molecular weight is 294 g/mol. The Kier molecular flexibility index (Phi) is 3.60. The van der Waals surface area contributed by atoms with Crippen molar-refractivity contribution in [2.75, 3.05) is 7.05 Å². The minimum absolute atomic E-state index is 0.359. The number of aromatic nitrogens is 1. The fraction of sp³-hybridized carbons (Fsp3) is 0.357. The van der Waals surface area contributed by atoms with E-state index in [1.807, 2.05) is 24.3 Å². The molecule has 20 heavy (non-hydrogen) atoms. The number of fused-ring (bicyclic) bond motifs is 1. The van der Waals surface area contributed by atoms with Gasteiger partial charge in [0, 0.05) is 25.0 Å². The molecule has 1 aromatic heterocycles. The second-order valence-corrected chi connectivity index (χ2v) is 7.53. The zero-order chi connectivity index (χ0) is 15.1. The SMILES string of the molecule is CC(C)S(=O)(=O)N(C)C(=O)c1cc2ccccc2n1C. The molecule has 0 N–H and O–H groups in total. The molecule has 0 radical (unpaired) electrons. The van der Waals surface area contributed by atoms with E-state index in [2.05, 4.69) is 0 Å². The van der Waals surface area contributed by atoms with Gasteiger partial charge in [-0.1, -0.05) is 18.2 Å². The Balaban J connectivity index is 2.50. The summed E-state index contributed by atoms with van der Waals surface area (Å²) in [6.07, 6.45) is 0. The van der Waals surface area contributed by atoms with Crippen LogP contribution in [0.25, 0.3) is 10.9 Å². The molecule has 0 aliphatic rings. The summed E-state index contributed by atoms with van der Waals surface area (Å²) < 4.78 is 26.7. The molecule has 108 valence electrons. The number of benzene rings is 1. The highest BCUT2D eigenvalue weighted by molar-refractivity contribution is 7.90. The molecule has 0 spiro atoms. The van der Waals surface area contributed by atoms with Gasteiger partial charge < -0.3 is 4.57 Å². The Bertz CT molecular complexity index is 760. The number of sulfonamides is 1. The first kappa shape index (κ1) is 14.6. The highest BCUT2D eigenvalue weighted by Gasteiger charge is 2.29. The van der Waals surface area contributed by atoms with E-state index in [0.717, 1.165) is 15.2 Å². The van der Waals surface area contributed by atoms with E-state index in [1.54, 1.807) is 31.5 Å². The van der Waals surface area contributed by atoms with Crippen molar-refractivity contribution in [1.82, 2.24) is 8.87 Å². The zero-order valence-electron chi connectivity index (χ0n) is 12.0. The predicted molar refractivity (Wildman–Crippen MR) is 79.1 cm³/mol. The summed E-state index contributed by atoms with van der Waals surface area (Å²) >= 11 is 0. The Morgan fingerprint density at radius 2 is 1.85 bits per heavy atom. The number of carbonyl (C=O) groups is 1. The zero-order valence-corrected chi connectivity index (χ0v) is 12.8. The molecule has 2 aromatic rings. The average Bonchev–Trinajstić information content (AvgIpc) is 2.75. The molecular weight excluding hydrogens is 276 g/mol. The van der Waals surface area contributed by atoms with Crippen molar-refractivity contribution in [2.24, 2.45) is 7.05 Å². The van der Waals surface area contributed by atoms with Crippen LogP contribution in [0, 0.1) is 0 Å². The van der Waals surface area contributed by atoms with Gasteiger partial charge in [-0.05, 0) is 26.0 Å². The lowest BCUT2D eigenvalue weighted by molar-refractivity contribution is 0.0874. The Morgan fingerprint density at radius 3 is 2.40 bits per heavy atom. The van der Waals surface area contributed by atoms with Crippen LogP contribution in [0.4, 0.5) is 0 Å². The maximum Gasteiger partial charge on any atom is 0.283 e. The number of hydrogen-bond donors (Lipinski definition) is 0. The Labute approximate surface area is 118 Å². The lowest BCUT2D eigenvalue weighted by Crippen LogP contribution is -2.38. The number of carbonyl (C=O) groups excluding carboxylic acids is 1. The first-order valence-corrected chi connectivity index (χ1v) is 7.83. The van der Waals surface area contributed by atoms with Gasteiger partial charge in [-0.2, -0.15) is 0 Å². The third-order valence-electron chi connectivity index (χ3n) is 3.43. The summed E-state index contributed by atoms with van der Waals surface area (Å²) in [4.78, 5) is 12.4. The molecule has 0 fully saturated rings. The van der Waals surface area contributed by atoms with E-state index < -0.39 is 21.2 Å². The van der Waals surface area contributed by atoms with Gasteiger partial charge in [-0.15, -0.1) is 0 Å². The molecule has 0 saturated carbocycles. The minimum Gasteiger partial charge on any atom is -0.340 e. The normalized spacial score (nSPS) is 12.1. The van der Waals surface area contributed by atoms with Crippen LogP contribution in [0.1, 0.15) is 24.3 Å². The van der Waals surface area contributed by atoms with E-state index in [9.17, 15) is 13.2 Å². The number of aryl methyl sites for hydroxylation is 1. The quantitative estimate of drug-likeness (QED) is 0.870. The summed E-state index contributed by atoms with van der Waals surface area (Å²) in [6, 6.07) is 9.26. The first-order chi connectivity index (χ1) is 9.26. The van der Waals surface area contributed by atoms with Crippen LogP contribution in [-0.2, 0) is 17.1 Å². The molecule has 0 bridgehead atoms. The molecule has 5 nitrogen and oxygen atoms in total. The van der Waals surface area contributed by atoms with Crippen LogP contribution in [0.3, 0.4) is 0 Å². The number of para-hydroxylation sites is 1. The maximum atomic E-state index is 12.4. The maximum absolute atomic E-state index is 12.4. The van der Waals surface area contributed by atoms with Crippen molar-refractivity contribution in [2.45, 2.75) is 19.1 Å². The molecule has 1 heterocycles. The fourth-order valence-corrected chi connectivity index (χ4v) is 3.04. The van der Waals surface area contributed by atoms with Crippen LogP contribution in [0.2, 0.25) is 0 Å². The molecule has 0 atom stereocenters. The van der Waals surface area contributed by atoms with E-state index in [-0.39, 0.29) is 0 Å². The molecule has 0 aliphatic heterocycles. The highest BCUT2D eigenvalue weighted by atomic mass is 32.2. The van der Waals surface area contributed by atoms with Crippen molar-refractivity contribution in [3.63, 3.8) is 0 Å². The van der Waals surface area contributed by atoms with Crippen molar-refractivity contribution in [3.05, 3.63) is 36.0 Å². The van der Waals surface area contributed by atoms with Crippen molar-refractivity contribution in [3.8, 4) is 0 Å². The number of hydrogen-bond acceptors (Lipinski definition) is 3. The summed E-state index contributed by atoms with van der Waals surface area (Å²) in [5, 5.41) is 0.278. The van der Waals surface area contributed by atoms with E-state index in [4.69, 9.17) is 0 Å². The summed E-state index contributed by atoms with van der Waals surface area (Å²) in [5.41, 5.74) is 1.25. The number of rotatable bonds is 3. The van der Waals surface area contributed by atoms with Crippen molar-refractivity contribution < 1.29 is 13.2 Å². The topological polar surface area (TPSA) is 59.4 Å². The summed E-state index contributed by atoms with van der Waals surface area (Å²) in [5.74, 6) is -0.516. The highest BCUT2D eigenvalue weighted by Crippen LogP contribution is 2.20. The number of amides is 1. The van der Waals surface area contributed by atoms with Crippen LogP contribution in [0.5, 0.6) is 0 Å². The standard InChI is InChI=1S/C14H18N2O3S/c1-10(2)20(18,19)16(4)14(17)13-9-11-7-5-6-8-12(11)15(13)3/h5-10H,1-4H3. The van der Waals surface area contributed by atoms with Crippen LogP contribution >= 0.6 is 0 Å². The largest absolute Gasteiger partial charge is 0.340 e. The molecule has 0 unspecified atom stereocenters. The summed E-state index contributed by atoms with van der Waals surface area (Å²) in [6.45, 7) is 3.11. The van der Waals surface area contributed by atoms with E-state index in [0.29, 0.717) is 5.69 Å². The van der Waals surface area contributed by atoms with Gasteiger partial charge in [0.25, 0.3) is 5.91 Å². The van der Waals surface area contributed by atoms with Gasteiger partial charge >= 0.3 is 0 Å². The first-order valence-electron chi connectivity index (χ1n) is 6.33. The van der Waals surface area contributed by atoms with Gasteiger partial charge in [-0.25, -0.2) is 12.7 Å². The molecule has 1 amide bonds. The fourth-order valence-electron chi connectivity index (χ4n) is 2.09. The lowest BCUT2D eigenvalue weighted by atomic mass is 10.2. The molecule has 0 saturated heterocycles. The van der Waals surface area contributed by atoms with Gasteiger partial charge in [-0.3, -0.25) is 4.79 Å². The van der Waals surface area contributed by atoms with Crippen LogP contribution in [-0.4, -0.2) is 35.5 Å².